The Kier molecular flexibility index (Phi) is 3.78. The number of nitrogens with one attached hydrogen (secondary N) is 1. The molecule has 0 aromatic heterocycles. The minimum atomic E-state index is -4.09. The summed E-state index contributed by atoms with van der Waals surface area (Å²) in [5, 5.41) is 2.98. The standard InChI is InChI=1S/C13H15F4N/c14-11-3-1-2-4-12(11)18-10-7-5-9(6-8-10)13(15,16)17/h1-4,9-10,18H,5-8H2. The number of anilines is 1. The van der Waals surface area contributed by atoms with Crippen molar-refractivity contribution in [2.24, 2.45) is 5.92 Å². The molecule has 0 amide bonds. The lowest BCUT2D eigenvalue weighted by Crippen LogP contribution is -2.32. The van der Waals surface area contributed by atoms with Gasteiger partial charge < -0.3 is 5.32 Å². The van der Waals surface area contributed by atoms with E-state index in [0.717, 1.165) is 0 Å². The first-order valence-electron chi connectivity index (χ1n) is 6.04. The van der Waals surface area contributed by atoms with Crippen LogP contribution in [-0.2, 0) is 0 Å². The minimum Gasteiger partial charge on any atom is -0.380 e. The summed E-state index contributed by atoms with van der Waals surface area (Å²) in [4.78, 5) is 0. The predicted molar refractivity (Wildman–Crippen MR) is 61.8 cm³/mol. The average molecular weight is 261 g/mol. The normalized spacial score (nSPS) is 24.9. The van der Waals surface area contributed by atoms with Crippen molar-refractivity contribution in [2.75, 3.05) is 5.32 Å². The maximum Gasteiger partial charge on any atom is 0.391 e. The molecule has 0 aliphatic heterocycles. The Morgan fingerprint density at radius 3 is 2.17 bits per heavy atom. The summed E-state index contributed by atoms with van der Waals surface area (Å²) in [5.41, 5.74) is 0.368. The lowest BCUT2D eigenvalue weighted by atomic mass is 9.85. The highest BCUT2D eigenvalue weighted by atomic mass is 19.4. The van der Waals surface area contributed by atoms with Gasteiger partial charge in [-0.25, -0.2) is 4.39 Å². The Morgan fingerprint density at radius 2 is 1.61 bits per heavy atom. The molecule has 18 heavy (non-hydrogen) atoms. The largest absolute Gasteiger partial charge is 0.391 e. The van der Waals surface area contributed by atoms with E-state index in [4.69, 9.17) is 0 Å². The van der Waals surface area contributed by atoms with Crippen LogP contribution in [0.15, 0.2) is 24.3 Å². The highest BCUT2D eigenvalue weighted by Crippen LogP contribution is 2.38. The molecule has 0 spiro atoms. The maximum absolute atomic E-state index is 13.4. The fourth-order valence-electron chi connectivity index (χ4n) is 2.36. The molecular weight excluding hydrogens is 246 g/mol. The second-order valence-corrected chi connectivity index (χ2v) is 4.71. The highest BCUT2D eigenvalue weighted by Gasteiger charge is 2.41. The monoisotopic (exact) mass is 261 g/mol. The zero-order valence-corrected chi connectivity index (χ0v) is 9.80. The molecule has 100 valence electrons. The van der Waals surface area contributed by atoms with Crippen LogP contribution in [0.4, 0.5) is 23.2 Å². The summed E-state index contributed by atoms with van der Waals surface area (Å²) >= 11 is 0. The van der Waals surface area contributed by atoms with Crippen LogP contribution in [0.3, 0.4) is 0 Å². The molecule has 0 heterocycles. The van der Waals surface area contributed by atoms with Gasteiger partial charge in [-0.2, -0.15) is 13.2 Å². The lowest BCUT2D eigenvalue weighted by molar-refractivity contribution is -0.182. The molecule has 1 saturated carbocycles. The van der Waals surface area contributed by atoms with Crippen LogP contribution in [0.2, 0.25) is 0 Å². The van der Waals surface area contributed by atoms with Crippen molar-refractivity contribution in [3.8, 4) is 0 Å². The van der Waals surface area contributed by atoms with E-state index >= 15 is 0 Å². The van der Waals surface area contributed by atoms with Gasteiger partial charge in [0, 0.05) is 6.04 Å². The van der Waals surface area contributed by atoms with E-state index in [1.807, 2.05) is 0 Å². The van der Waals surface area contributed by atoms with E-state index in [1.165, 1.54) is 6.07 Å². The van der Waals surface area contributed by atoms with Crippen LogP contribution in [0, 0.1) is 11.7 Å². The number of benzene rings is 1. The molecule has 0 bridgehead atoms. The van der Waals surface area contributed by atoms with E-state index in [-0.39, 0.29) is 24.7 Å². The SMILES string of the molecule is Fc1ccccc1NC1CCC(C(F)(F)F)CC1. The number of hydrogen-bond donors (Lipinski definition) is 1. The first-order chi connectivity index (χ1) is 8.47. The number of alkyl halides is 3. The topological polar surface area (TPSA) is 12.0 Å². The molecule has 1 fully saturated rings. The second kappa shape index (κ2) is 5.16. The molecule has 1 aliphatic rings. The Labute approximate surface area is 103 Å². The smallest absolute Gasteiger partial charge is 0.380 e. The highest BCUT2D eigenvalue weighted by molar-refractivity contribution is 5.45. The van der Waals surface area contributed by atoms with Gasteiger partial charge in [-0.15, -0.1) is 0 Å². The Balaban J connectivity index is 1.90. The number of hydrogen-bond acceptors (Lipinski definition) is 1. The van der Waals surface area contributed by atoms with Crippen LogP contribution in [0.1, 0.15) is 25.7 Å². The molecular formula is C13H15F4N. The van der Waals surface area contributed by atoms with E-state index < -0.39 is 12.1 Å². The van der Waals surface area contributed by atoms with Gasteiger partial charge in [0.05, 0.1) is 11.6 Å². The third-order valence-corrected chi connectivity index (χ3v) is 3.42. The van der Waals surface area contributed by atoms with Crippen LogP contribution in [-0.4, -0.2) is 12.2 Å². The molecule has 1 nitrogen and oxygen atoms in total. The van der Waals surface area contributed by atoms with Crippen molar-refractivity contribution < 1.29 is 17.6 Å². The Bertz CT molecular complexity index is 394. The molecule has 0 unspecified atom stereocenters. The molecule has 5 heteroatoms. The van der Waals surface area contributed by atoms with Crippen molar-refractivity contribution >= 4 is 5.69 Å². The lowest BCUT2D eigenvalue weighted by Gasteiger charge is -2.30. The number of rotatable bonds is 2. The summed E-state index contributed by atoms with van der Waals surface area (Å²) in [6.45, 7) is 0. The first-order valence-corrected chi connectivity index (χ1v) is 6.04. The van der Waals surface area contributed by atoms with Gasteiger partial charge in [-0.1, -0.05) is 12.1 Å². The zero-order valence-electron chi connectivity index (χ0n) is 9.80. The van der Waals surface area contributed by atoms with Gasteiger partial charge >= 0.3 is 6.18 Å². The van der Waals surface area contributed by atoms with Gasteiger partial charge in [0.2, 0.25) is 0 Å². The summed E-state index contributed by atoms with van der Waals surface area (Å²) < 4.78 is 50.8. The molecule has 0 radical (unpaired) electrons. The summed E-state index contributed by atoms with van der Waals surface area (Å²) in [6.07, 6.45) is -2.99. The molecule has 1 aliphatic carbocycles. The second-order valence-electron chi connectivity index (χ2n) is 4.71. The van der Waals surface area contributed by atoms with Gasteiger partial charge in [0.25, 0.3) is 0 Å². The summed E-state index contributed by atoms with van der Waals surface area (Å²) in [6, 6.07) is 6.16. The third kappa shape index (κ3) is 3.15. The molecule has 0 saturated heterocycles. The van der Waals surface area contributed by atoms with Crippen LogP contribution in [0.25, 0.3) is 0 Å². The molecule has 0 atom stereocenters. The van der Waals surface area contributed by atoms with Crippen LogP contribution >= 0.6 is 0 Å². The van der Waals surface area contributed by atoms with Crippen molar-refractivity contribution in [3.63, 3.8) is 0 Å². The van der Waals surface area contributed by atoms with Gasteiger partial charge in [0.1, 0.15) is 5.82 Å². The molecule has 1 aromatic carbocycles. The van der Waals surface area contributed by atoms with Crippen LogP contribution < -0.4 is 5.32 Å². The zero-order chi connectivity index (χ0) is 13.2. The predicted octanol–water partition coefficient (Wildman–Crippen LogP) is 4.36. The van der Waals surface area contributed by atoms with Gasteiger partial charge in [-0.3, -0.25) is 0 Å². The van der Waals surface area contributed by atoms with Crippen molar-refractivity contribution in [3.05, 3.63) is 30.1 Å². The number of para-hydroxylation sites is 1. The van der Waals surface area contributed by atoms with Crippen molar-refractivity contribution in [2.45, 2.75) is 37.9 Å². The third-order valence-electron chi connectivity index (χ3n) is 3.42. The maximum atomic E-state index is 13.4. The summed E-state index contributed by atoms with van der Waals surface area (Å²) in [7, 11) is 0. The molecule has 2 rings (SSSR count). The van der Waals surface area contributed by atoms with E-state index in [1.54, 1.807) is 18.2 Å². The Morgan fingerprint density at radius 1 is 1.00 bits per heavy atom. The van der Waals surface area contributed by atoms with Crippen molar-refractivity contribution in [1.82, 2.24) is 0 Å². The van der Waals surface area contributed by atoms with E-state index in [2.05, 4.69) is 5.32 Å². The Hall–Kier alpha value is -1.26. The fraction of sp³-hybridized carbons (Fsp3) is 0.538. The van der Waals surface area contributed by atoms with Gasteiger partial charge in [-0.05, 0) is 37.8 Å². The average Bonchev–Trinajstić information content (AvgIpc) is 2.32. The minimum absolute atomic E-state index is 0.0690. The first kappa shape index (κ1) is 13.2. The van der Waals surface area contributed by atoms with Crippen molar-refractivity contribution in [1.29, 1.82) is 0 Å². The molecule has 1 aromatic rings. The van der Waals surface area contributed by atoms with E-state index in [0.29, 0.717) is 18.5 Å². The fourth-order valence-corrected chi connectivity index (χ4v) is 2.36. The van der Waals surface area contributed by atoms with Crippen LogP contribution in [0.5, 0.6) is 0 Å². The summed E-state index contributed by atoms with van der Waals surface area (Å²) in [5.74, 6) is -1.56. The van der Waals surface area contributed by atoms with Gasteiger partial charge in [0.15, 0.2) is 0 Å². The molecule has 1 N–H and O–H groups in total. The number of halogens is 4. The van der Waals surface area contributed by atoms with E-state index in [9.17, 15) is 17.6 Å². The quantitative estimate of drug-likeness (QED) is 0.780.